The van der Waals surface area contributed by atoms with Crippen LogP contribution in [0.5, 0.6) is 0 Å². The summed E-state index contributed by atoms with van der Waals surface area (Å²) in [4.78, 5) is 12.4. The number of para-hydroxylation sites is 1. The molecule has 2 rings (SSSR count). The van der Waals surface area contributed by atoms with Crippen molar-refractivity contribution in [2.75, 3.05) is 5.32 Å². The van der Waals surface area contributed by atoms with Gasteiger partial charge in [0.05, 0.1) is 15.7 Å². The number of alkyl halides is 3. The largest absolute Gasteiger partial charge is 0.339 e. The third-order valence-corrected chi connectivity index (χ3v) is 5.41. The van der Waals surface area contributed by atoms with Crippen LogP contribution in [0.15, 0.2) is 42.5 Å². The van der Waals surface area contributed by atoms with Gasteiger partial charge in [0.15, 0.2) is 5.11 Å². The quantitative estimate of drug-likeness (QED) is 0.175. The molecule has 0 heterocycles. The van der Waals surface area contributed by atoms with Crippen molar-refractivity contribution in [3.63, 3.8) is 0 Å². The number of anilines is 1. The van der Waals surface area contributed by atoms with E-state index in [1.54, 1.807) is 42.5 Å². The molecule has 0 aliphatic heterocycles. The number of hydrogen-bond acceptors (Lipinski definition) is 2. The minimum Gasteiger partial charge on any atom is -0.339 e. The predicted octanol–water partition coefficient (Wildman–Crippen LogP) is 6.01. The first-order chi connectivity index (χ1) is 12.6. The summed E-state index contributed by atoms with van der Waals surface area (Å²) < 4.78 is -0.892. The highest BCUT2D eigenvalue weighted by molar-refractivity contribution is 14.1. The Morgan fingerprint density at radius 1 is 1.00 bits per heavy atom. The molecule has 0 radical (unpaired) electrons. The van der Waals surface area contributed by atoms with Gasteiger partial charge in [-0.25, -0.2) is 0 Å². The molecule has 0 bridgehead atoms. The summed E-state index contributed by atoms with van der Waals surface area (Å²) in [5, 5.41) is 8.95. The van der Waals surface area contributed by atoms with E-state index >= 15 is 0 Å². The molecule has 0 fully saturated rings. The Labute approximate surface area is 200 Å². The lowest BCUT2D eigenvalue weighted by molar-refractivity contribution is 0.0934. The summed E-state index contributed by atoms with van der Waals surface area (Å²) in [7, 11) is 0. The van der Waals surface area contributed by atoms with Crippen LogP contribution in [0, 0.1) is 3.57 Å². The second-order valence-corrected chi connectivity index (χ2v) is 9.99. The molecule has 11 heteroatoms. The molecule has 0 unspecified atom stereocenters. The van der Waals surface area contributed by atoms with Gasteiger partial charge in [-0.3, -0.25) is 4.79 Å². The van der Waals surface area contributed by atoms with Crippen molar-refractivity contribution in [1.29, 1.82) is 0 Å². The molecule has 1 atom stereocenters. The molecule has 2 aromatic rings. The van der Waals surface area contributed by atoms with Crippen molar-refractivity contribution in [3.8, 4) is 0 Å². The Morgan fingerprint density at radius 2 is 1.56 bits per heavy atom. The van der Waals surface area contributed by atoms with E-state index in [1.165, 1.54) is 0 Å². The number of rotatable bonds is 4. The normalized spacial score (nSPS) is 12.2. The maximum Gasteiger partial charge on any atom is 0.252 e. The molecular formula is C16H11Cl5IN3OS. The molecule has 0 saturated heterocycles. The predicted molar refractivity (Wildman–Crippen MR) is 127 cm³/mol. The number of benzene rings is 2. The van der Waals surface area contributed by atoms with Gasteiger partial charge in [-0.15, -0.1) is 0 Å². The zero-order valence-electron chi connectivity index (χ0n) is 13.2. The van der Waals surface area contributed by atoms with Crippen LogP contribution in [-0.2, 0) is 0 Å². The van der Waals surface area contributed by atoms with Gasteiger partial charge in [-0.1, -0.05) is 64.1 Å². The van der Waals surface area contributed by atoms with E-state index in [2.05, 4.69) is 38.5 Å². The molecule has 0 saturated carbocycles. The number of amides is 1. The van der Waals surface area contributed by atoms with Crippen LogP contribution >= 0.6 is 92.8 Å². The first-order valence-electron chi connectivity index (χ1n) is 7.22. The summed E-state index contributed by atoms with van der Waals surface area (Å²) in [6, 6.07) is 11.9. The van der Waals surface area contributed by atoms with Gasteiger partial charge < -0.3 is 16.0 Å². The third-order valence-electron chi connectivity index (χ3n) is 3.19. The topological polar surface area (TPSA) is 53.2 Å². The Morgan fingerprint density at radius 3 is 2.07 bits per heavy atom. The van der Waals surface area contributed by atoms with Gasteiger partial charge in [0.1, 0.15) is 6.17 Å². The van der Waals surface area contributed by atoms with Gasteiger partial charge in [-0.2, -0.15) is 0 Å². The second-order valence-electron chi connectivity index (χ2n) is 5.15. The van der Waals surface area contributed by atoms with E-state index < -0.39 is 15.9 Å². The van der Waals surface area contributed by atoms with E-state index in [9.17, 15) is 4.79 Å². The van der Waals surface area contributed by atoms with Crippen LogP contribution in [0.4, 0.5) is 5.69 Å². The van der Waals surface area contributed by atoms with Gasteiger partial charge in [0, 0.05) is 9.13 Å². The van der Waals surface area contributed by atoms with Crippen molar-refractivity contribution in [2.24, 2.45) is 0 Å². The molecule has 144 valence electrons. The summed E-state index contributed by atoms with van der Waals surface area (Å²) in [5.41, 5.74) is 0.801. The van der Waals surface area contributed by atoms with Crippen LogP contribution in [0.25, 0.3) is 0 Å². The van der Waals surface area contributed by atoms with Crippen molar-refractivity contribution >= 4 is 110 Å². The zero-order chi connectivity index (χ0) is 20.2. The third kappa shape index (κ3) is 6.96. The maximum absolute atomic E-state index is 12.4. The van der Waals surface area contributed by atoms with E-state index in [0.29, 0.717) is 21.3 Å². The van der Waals surface area contributed by atoms with E-state index in [0.717, 1.165) is 3.57 Å². The Kier molecular flexibility index (Phi) is 8.54. The fourth-order valence-electron chi connectivity index (χ4n) is 1.91. The van der Waals surface area contributed by atoms with Crippen molar-refractivity contribution in [2.45, 2.75) is 9.96 Å². The van der Waals surface area contributed by atoms with Crippen molar-refractivity contribution < 1.29 is 4.79 Å². The van der Waals surface area contributed by atoms with Crippen molar-refractivity contribution in [1.82, 2.24) is 10.6 Å². The van der Waals surface area contributed by atoms with Crippen LogP contribution in [0.2, 0.25) is 10.0 Å². The Bertz CT molecular complexity index is 825. The maximum atomic E-state index is 12.4. The van der Waals surface area contributed by atoms with E-state index in [-0.39, 0.29) is 5.11 Å². The van der Waals surface area contributed by atoms with Gasteiger partial charge in [0.25, 0.3) is 5.91 Å². The van der Waals surface area contributed by atoms with Crippen LogP contribution in [-0.4, -0.2) is 21.0 Å². The number of carbonyl (C=O) groups excluding carboxylic acids is 1. The fourth-order valence-corrected chi connectivity index (χ4v) is 3.31. The number of carbonyl (C=O) groups is 1. The molecule has 2 aromatic carbocycles. The Balaban J connectivity index is 2.11. The van der Waals surface area contributed by atoms with Gasteiger partial charge in [-0.05, 0) is 71.2 Å². The van der Waals surface area contributed by atoms with E-state index in [4.69, 9.17) is 70.2 Å². The molecule has 4 nitrogen and oxygen atoms in total. The molecule has 3 N–H and O–H groups in total. The van der Waals surface area contributed by atoms with Crippen LogP contribution in [0.3, 0.4) is 0 Å². The molecule has 1 amide bonds. The molecule has 0 spiro atoms. The lowest BCUT2D eigenvalue weighted by Crippen LogP contribution is -2.56. The molecule has 0 aliphatic carbocycles. The fraction of sp³-hybridized carbons (Fsp3) is 0.125. The van der Waals surface area contributed by atoms with Crippen LogP contribution in [0.1, 0.15) is 10.4 Å². The average Bonchev–Trinajstić information content (AvgIpc) is 2.57. The lowest BCUT2D eigenvalue weighted by atomic mass is 10.2. The van der Waals surface area contributed by atoms with Crippen molar-refractivity contribution in [3.05, 3.63) is 61.6 Å². The lowest BCUT2D eigenvalue weighted by Gasteiger charge is -2.28. The highest BCUT2D eigenvalue weighted by Crippen LogP contribution is 2.31. The standard InChI is InChI=1S/C16H11Cl5IN3OS/c17-10-2-1-3-11(18)12(10)23-15(27)25-14(16(19,20)21)24-13(26)8-4-6-9(22)7-5-8/h1-7,14H,(H,24,26)(H2,23,25,27)/t14-/m0/s1. The minimum atomic E-state index is -1.88. The molecule has 27 heavy (non-hydrogen) atoms. The summed E-state index contributed by atoms with van der Waals surface area (Å²) in [6.45, 7) is 0. The van der Waals surface area contributed by atoms with Gasteiger partial charge >= 0.3 is 0 Å². The van der Waals surface area contributed by atoms with Gasteiger partial charge in [0.2, 0.25) is 3.79 Å². The first kappa shape index (κ1) is 23.1. The van der Waals surface area contributed by atoms with E-state index in [1.807, 2.05) is 0 Å². The smallest absolute Gasteiger partial charge is 0.252 e. The van der Waals surface area contributed by atoms with Crippen LogP contribution < -0.4 is 16.0 Å². The molecule has 0 aromatic heterocycles. The minimum absolute atomic E-state index is 0.0595. The highest BCUT2D eigenvalue weighted by Gasteiger charge is 2.35. The number of thiocarbonyl (C=S) groups is 1. The average molecular weight is 598 g/mol. The highest BCUT2D eigenvalue weighted by atomic mass is 127. The zero-order valence-corrected chi connectivity index (χ0v) is 20.0. The number of nitrogens with one attached hydrogen (secondary N) is 3. The summed E-state index contributed by atoms with van der Waals surface area (Å²) >= 11 is 37.5. The molecular weight excluding hydrogens is 586 g/mol. The monoisotopic (exact) mass is 595 g/mol. The first-order valence-corrected chi connectivity index (χ1v) is 10.6. The summed E-state index contributed by atoms with van der Waals surface area (Å²) in [6.07, 6.45) is -1.12. The molecule has 0 aliphatic rings. The SMILES string of the molecule is O=C(N[C@@H](NC(=S)Nc1c(Cl)cccc1Cl)C(Cl)(Cl)Cl)c1ccc(I)cc1. The number of hydrogen-bond donors (Lipinski definition) is 3. The number of halogens is 6. The Hall–Kier alpha value is -0.220. The second kappa shape index (κ2) is 10.0. The summed E-state index contributed by atoms with van der Waals surface area (Å²) in [5.74, 6) is -0.436.